The van der Waals surface area contributed by atoms with E-state index in [-0.39, 0.29) is 0 Å². The van der Waals surface area contributed by atoms with Crippen LogP contribution < -0.4 is 4.90 Å². The van der Waals surface area contributed by atoms with Crippen molar-refractivity contribution in [3.8, 4) is 6.07 Å². The molecule has 1 rings (SSSR count). The first-order chi connectivity index (χ1) is 8.20. The summed E-state index contributed by atoms with van der Waals surface area (Å²) in [4.78, 5) is 6.42. The highest BCUT2D eigenvalue weighted by atomic mass is 79.9. The maximum absolute atomic E-state index is 8.67. The Morgan fingerprint density at radius 2 is 2.29 bits per heavy atom. The van der Waals surface area contributed by atoms with Gasteiger partial charge < -0.3 is 9.64 Å². The number of hydrogen-bond acceptors (Lipinski definition) is 4. The van der Waals surface area contributed by atoms with E-state index in [0.29, 0.717) is 19.6 Å². The maximum Gasteiger partial charge on any atom is 0.143 e. The van der Waals surface area contributed by atoms with Crippen molar-refractivity contribution in [3.63, 3.8) is 0 Å². The molecule has 0 N–H and O–H groups in total. The van der Waals surface area contributed by atoms with Gasteiger partial charge in [-0.05, 0) is 34.5 Å². The van der Waals surface area contributed by atoms with Crippen LogP contribution in [0.1, 0.15) is 12.0 Å². The fraction of sp³-hybridized carbons (Fsp3) is 0.500. The molecular weight excluding hydrogens is 282 g/mol. The number of hydrogen-bond donors (Lipinski definition) is 0. The van der Waals surface area contributed by atoms with Crippen molar-refractivity contribution in [2.75, 3.05) is 31.7 Å². The van der Waals surface area contributed by atoms with Gasteiger partial charge >= 0.3 is 0 Å². The Labute approximate surface area is 110 Å². The summed E-state index contributed by atoms with van der Waals surface area (Å²) in [7, 11) is 1.67. The minimum atomic E-state index is 0.478. The molecule has 4 nitrogen and oxygen atoms in total. The average molecular weight is 298 g/mol. The van der Waals surface area contributed by atoms with E-state index in [4.69, 9.17) is 10.00 Å². The van der Waals surface area contributed by atoms with Gasteiger partial charge in [0, 0.05) is 26.4 Å². The molecular formula is C12H16BrN3O. The number of rotatable bonds is 6. The fourth-order valence-electron chi connectivity index (χ4n) is 1.46. The van der Waals surface area contributed by atoms with Crippen molar-refractivity contribution < 1.29 is 4.74 Å². The van der Waals surface area contributed by atoms with Crippen molar-refractivity contribution in [3.05, 3.63) is 22.3 Å². The number of halogens is 1. The lowest BCUT2D eigenvalue weighted by Crippen LogP contribution is -2.29. The zero-order chi connectivity index (χ0) is 12.7. The Hall–Kier alpha value is -1.12. The van der Waals surface area contributed by atoms with Crippen LogP contribution in [0.2, 0.25) is 0 Å². The van der Waals surface area contributed by atoms with Crippen molar-refractivity contribution in [2.45, 2.75) is 13.3 Å². The van der Waals surface area contributed by atoms with Gasteiger partial charge in [0.25, 0.3) is 0 Å². The zero-order valence-corrected chi connectivity index (χ0v) is 11.7. The Balaban J connectivity index is 2.87. The van der Waals surface area contributed by atoms with E-state index in [1.165, 1.54) is 0 Å². The molecule has 0 saturated heterocycles. The van der Waals surface area contributed by atoms with Crippen LogP contribution in [0.15, 0.2) is 16.7 Å². The Bertz CT molecular complexity index is 403. The van der Waals surface area contributed by atoms with E-state index in [1.54, 1.807) is 13.3 Å². The summed E-state index contributed by atoms with van der Waals surface area (Å²) in [6, 6.07) is 4.10. The molecule has 1 heterocycles. The number of aromatic nitrogens is 1. The van der Waals surface area contributed by atoms with Gasteiger partial charge in [0.2, 0.25) is 0 Å². The Morgan fingerprint density at radius 1 is 1.53 bits per heavy atom. The number of methoxy groups -OCH3 is 1. The highest BCUT2D eigenvalue weighted by Crippen LogP contribution is 2.26. The minimum absolute atomic E-state index is 0.478. The predicted octanol–water partition coefficient (Wildman–Crippen LogP) is 2.52. The smallest absolute Gasteiger partial charge is 0.143 e. The predicted molar refractivity (Wildman–Crippen MR) is 71.0 cm³/mol. The molecule has 0 amide bonds. The standard InChI is InChI=1S/C12H16BrN3O/c1-10-4-6-15-12(11(10)13)16(7-3-5-14)8-9-17-2/h4,6H,3,7-9H2,1-2H3. The van der Waals surface area contributed by atoms with Crippen LogP contribution in [0.4, 0.5) is 5.82 Å². The van der Waals surface area contributed by atoms with Crippen LogP contribution in [0.25, 0.3) is 0 Å². The van der Waals surface area contributed by atoms with Crippen LogP contribution >= 0.6 is 15.9 Å². The van der Waals surface area contributed by atoms with Gasteiger partial charge in [0.15, 0.2) is 0 Å². The molecule has 1 aromatic heterocycles. The number of nitriles is 1. The molecule has 0 unspecified atom stereocenters. The van der Waals surface area contributed by atoms with Crippen molar-refractivity contribution in [1.29, 1.82) is 5.26 Å². The lowest BCUT2D eigenvalue weighted by Gasteiger charge is -2.23. The molecule has 0 aliphatic carbocycles. The summed E-state index contributed by atoms with van der Waals surface area (Å²) in [5, 5.41) is 8.67. The van der Waals surface area contributed by atoms with E-state index in [0.717, 1.165) is 22.4 Å². The molecule has 0 saturated carbocycles. The summed E-state index contributed by atoms with van der Waals surface area (Å²) in [6.45, 7) is 4.03. The second-order valence-electron chi connectivity index (χ2n) is 3.65. The molecule has 0 spiro atoms. The highest BCUT2D eigenvalue weighted by molar-refractivity contribution is 9.10. The van der Waals surface area contributed by atoms with Crippen LogP contribution in [-0.2, 0) is 4.74 Å². The summed E-state index contributed by atoms with van der Waals surface area (Å²) in [6.07, 6.45) is 2.26. The Morgan fingerprint density at radius 3 is 2.94 bits per heavy atom. The summed E-state index contributed by atoms with van der Waals surface area (Å²) < 4.78 is 6.06. The van der Waals surface area contributed by atoms with Gasteiger partial charge in [-0.1, -0.05) is 0 Å². The van der Waals surface area contributed by atoms with Crippen LogP contribution in [0, 0.1) is 18.3 Å². The summed E-state index contributed by atoms with van der Waals surface area (Å²) >= 11 is 3.54. The molecule has 0 aliphatic heterocycles. The SMILES string of the molecule is COCCN(CCC#N)c1nccc(C)c1Br. The first-order valence-corrected chi connectivity index (χ1v) is 6.22. The average Bonchev–Trinajstić information content (AvgIpc) is 2.34. The molecule has 92 valence electrons. The first kappa shape index (κ1) is 13.9. The number of nitrogens with zero attached hydrogens (tertiary/aromatic N) is 3. The summed E-state index contributed by atoms with van der Waals surface area (Å²) in [5.74, 6) is 0.873. The van der Waals surface area contributed by atoms with Gasteiger partial charge in [0.1, 0.15) is 5.82 Å². The number of ether oxygens (including phenoxy) is 1. The van der Waals surface area contributed by atoms with Gasteiger partial charge in [-0.25, -0.2) is 4.98 Å². The number of anilines is 1. The third kappa shape index (κ3) is 3.99. The summed E-state index contributed by atoms with van der Waals surface area (Å²) in [5.41, 5.74) is 1.13. The van der Waals surface area contributed by atoms with Gasteiger partial charge in [-0.2, -0.15) is 5.26 Å². The number of pyridine rings is 1. The topological polar surface area (TPSA) is 49.1 Å². The molecule has 5 heteroatoms. The minimum Gasteiger partial charge on any atom is -0.383 e. The van der Waals surface area contributed by atoms with Crippen LogP contribution in [-0.4, -0.2) is 31.8 Å². The van der Waals surface area contributed by atoms with E-state index in [1.807, 2.05) is 13.0 Å². The van der Waals surface area contributed by atoms with E-state index in [2.05, 4.69) is 31.9 Å². The normalized spacial score (nSPS) is 10.0. The monoisotopic (exact) mass is 297 g/mol. The lowest BCUT2D eigenvalue weighted by atomic mass is 10.3. The van der Waals surface area contributed by atoms with Gasteiger partial charge in [-0.15, -0.1) is 0 Å². The largest absolute Gasteiger partial charge is 0.383 e. The molecule has 0 fully saturated rings. The van der Waals surface area contributed by atoms with Crippen LogP contribution in [0.5, 0.6) is 0 Å². The number of aryl methyl sites for hydroxylation is 1. The molecule has 0 atom stereocenters. The third-order valence-electron chi connectivity index (χ3n) is 2.42. The quantitative estimate of drug-likeness (QED) is 0.809. The van der Waals surface area contributed by atoms with Crippen molar-refractivity contribution >= 4 is 21.7 Å². The van der Waals surface area contributed by atoms with Crippen molar-refractivity contribution in [1.82, 2.24) is 4.98 Å². The molecule has 17 heavy (non-hydrogen) atoms. The second-order valence-corrected chi connectivity index (χ2v) is 4.45. The first-order valence-electron chi connectivity index (χ1n) is 5.42. The van der Waals surface area contributed by atoms with Crippen molar-refractivity contribution in [2.24, 2.45) is 0 Å². The van der Waals surface area contributed by atoms with E-state index >= 15 is 0 Å². The van der Waals surface area contributed by atoms with Gasteiger partial charge in [-0.3, -0.25) is 0 Å². The maximum atomic E-state index is 8.67. The fourth-order valence-corrected chi connectivity index (χ4v) is 1.94. The second kappa shape index (κ2) is 7.25. The van der Waals surface area contributed by atoms with E-state index < -0.39 is 0 Å². The lowest BCUT2D eigenvalue weighted by molar-refractivity contribution is 0.205. The van der Waals surface area contributed by atoms with Crippen LogP contribution in [0.3, 0.4) is 0 Å². The Kier molecular flexibility index (Phi) is 5.95. The molecule has 0 bridgehead atoms. The molecule has 1 aromatic rings. The molecule has 0 aromatic carbocycles. The molecule has 0 aliphatic rings. The third-order valence-corrected chi connectivity index (χ3v) is 3.40. The van der Waals surface area contributed by atoms with Gasteiger partial charge in [0.05, 0.1) is 23.6 Å². The zero-order valence-electron chi connectivity index (χ0n) is 10.1. The highest BCUT2D eigenvalue weighted by Gasteiger charge is 2.12. The molecule has 0 radical (unpaired) electrons. The van der Waals surface area contributed by atoms with E-state index in [9.17, 15) is 0 Å².